The monoisotopic (exact) mass is 239 g/mol. The van der Waals surface area contributed by atoms with Crippen LogP contribution in [0.1, 0.15) is 24.3 Å². The lowest BCUT2D eigenvalue weighted by molar-refractivity contribution is 0.0690. The standard InChI is InChI=1S/C11H17N3O3/c1-3-17-6-7(2)13-10-8(12)4-5-9(14-10)11(15)16/h4-5,7H,3,6,12H2,1-2H3,(H,13,14)(H,15,16). The molecule has 0 aliphatic heterocycles. The highest BCUT2D eigenvalue weighted by molar-refractivity contribution is 5.86. The van der Waals surface area contributed by atoms with Gasteiger partial charge in [-0.3, -0.25) is 0 Å². The average Bonchev–Trinajstić information content (AvgIpc) is 2.29. The third-order valence-electron chi connectivity index (χ3n) is 2.10. The first-order valence-electron chi connectivity index (χ1n) is 5.38. The number of carboxylic acids is 1. The number of carbonyl (C=O) groups is 1. The van der Waals surface area contributed by atoms with Gasteiger partial charge in [-0.15, -0.1) is 0 Å². The van der Waals surface area contributed by atoms with E-state index in [-0.39, 0.29) is 11.7 Å². The Bertz CT molecular complexity index is 396. The molecule has 0 amide bonds. The van der Waals surface area contributed by atoms with Gasteiger partial charge in [-0.05, 0) is 26.0 Å². The van der Waals surface area contributed by atoms with E-state index in [1.165, 1.54) is 12.1 Å². The van der Waals surface area contributed by atoms with E-state index in [1.54, 1.807) is 0 Å². The van der Waals surface area contributed by atoms with Crippen molar-refractivity contribution in [1.29, 1.82) is 0 Å². The van der Waals surface area contributed by atoms with Crippen molar-refractivity contribution in [3.05, 3.63) is 17.8 Å². The van der Waals surface area contributed by atoms with Gasteiger partial charge in [0.25, 0.3) is 0 Å². The van der Waals surface area contributed by atoms with Crippen LogP contribution in [0.25, 0.3) is 0 Å². The predicted molar refractivity (Wildman–Crippen MR) is 65.2 cm³/mol. The summed E-state index contributed by atoms with van der Waals surface area (Å²) in [6.45, 7) is 4.95. The Morgan fingerprint density at radius 2 is 2.35 bits per heavy atom. The molecule has 1 atom stereocenters. The number of rotatable bonds is 6. The molecule has 0 spiro atoms. The van der Waals surface area contributed by atoms with E-state index in [0.29, 0.717) is 24.7 Å². The fraction of sp³-hybridized carbons (Fsp3) is 0.455. The van der Waals surface area contributed by atoms with Gasteiger partial charge < -0.3 is 20.9 Å². The second-order valence-corrected chi connectivity index (χ2v) is 3.64. The number of carboxylic acid groups (broad SMARTS) is 1. The molecule has 0 aliphatic carbocycles. The molecule has 1 unspecified atom stereocenters. The van der Waals surface area contributed by atoms with Gasteiger partial charge in [0, 0.05) is 12.6 Å². The SMILES string of the molecule is CCOCC(C)Nc1nc(C(=O)O)ccc1N. The van der Waals surface area contributed by atoms with Crippen LogP contribution in [0.15, 0.2) is 12.1 Å². The van der Waals surface area contributed by atoms with Gasteiger partial charge in [0.05, 0.1) is 12.3 Å². The van der Waals surface area contributed by atoms with Gasteiger partial charge in [-0.1, -0.05) is 0 Å². The zero-order chi connectivity index (χ0) is 12.8. The van der Waals surface area contributed by atoms with Crippen molar-refractivity contribution in [1.82, 2.24) is 4.98 Å². The van der Waals surface area contributed by atoms with Crippen molar-refractivity contribution in [2.45, 2.75) is 19.9 Å². The molecule has 1 aromatic rings. The van der Waals surface area contributed by atoms with Crippen LogP contribution in [0.3, 0.4) is 0 Å². The highest BCUT2D eigenvalue weighted by Gasteiger charge is 2.10. The summed E-state index contributed by atoms with van der Waals surface area (Å²) in [6, 6.07) is 2.90. The maximum Gasteiger partial charge on any atom is 0.354 e. The molecule has 0 fully saturated rings. The molecular weight excluding hydrogens is 222 g/mol. The number of nitrogen functional groups attached to an aromatic ring is 1. The molecule has 0 radical (unpaired) electrons. The lowest BCUT2D eigenvalue weighted by Gasteiger charge is -2.15. The molecule has 6 heteroatoms. The van der Waals surface area contributed by atoms with E-state index in [1.807, 2.05) is 13.8 Å². The predicted octanol–water partition coefficient (Wildman–Crippen LogP) is 1.20. The molecule has 6 nitrogen and oxygen atoms in total. The third-order valence-corrected chi connectivity index (χ3v) is 2.10. The highest BCUT2D eigenvalue weighted by Crippen LogP contribution is 2.16. The summed E-state index contributed by atoms with van der Waals surface area (Å²) in [4.78, 5) is 14.7. The number of ether oxygens (including phenoxy) is 1. The fourth-order valence-corrected chi connectivity index (χ4v) is 1.27. The van der Waals surface area contributed by atoms with Crippen molar-refractivity contribution >= 4 is 17.5 Å². The van der Waals surface area contributed by atoms with Crippen LogP contribution < -0.4 is 11.1 Å². The maximum absolute atomic E-state index is 10.8. The summed E-state index contributed by atoms with van der Waals surface area (Å²) in [6.07, 6.45) is 0. The second-order valence-electron chi connectivity index (χ2n) is 3.64. The molecule has 94 valence electrons. The van der Waals surface area contributed by atoms with Crippen molar-refractivity contribution in [3.63, 3.8) is 0 Å². The highest BCUT2D eigenvalue weighted by atomic mass is 16.5. The zero-order valence-electron chi connectivity index (χ0n) is 9.93. The normalized spacial score (nSPS) is 12.1. The molecule has 0 bridgehead atoms. The number of hydrogen-bond acceptors (Lipinski definition) is 5. The van der Waals surface area contributed by atoms with Crippen molar-refractivity contribution in [2.24, 2.45) is 0 Å². The van der Waals surface area contributed by atoms with Crippen LogP contribution in [-0.2, 0) is 4.74 Å². The summed E-state index contributed by atoms with van der Waals surface area (Å²) in [5.41, 5.74) is 6.09. The molecule has 0 saturated heterocycles. The first kappa shape index (κ1) is 13.2. The summed E-state index contributed by atoms with van der Waals surface area (Å²) in [7, 11) is 0. The molecule has 1 heterocycles. The van der Waals surface area contributed by atoms with E-state index >= 15 is 0 Å². The Kier molecular flexibility index (Phi) is 4.71. The summed E-state index contributed by atoms with van der Waals surface area (Å²) >= 11 is 0. The van der Waals surface area contributed by atoms with E-state index < -0.39 is 5.97 Å². The van der Waals surface area contributed by atoms with Gasteiger partial charge >= 0.3 is 5.97 Å². The molecule has 1 rings (SSSR count). The number of aromatic carboxylic acids is 1. The van der Waals surface area contributed by atoms with Gasteiger partial charge in [-0.25, -0.2) is 9.78 Å². The molecule has 17 heavy (non-hydrogen) atoms. The van der Waals surface area contributed by atoms with Crippen LogP contribution in [0.2, 0.25) is 0 Å². The Morgan fingerprint density at radius 1 is 1.65 bits per heavy atom. The van der Waals surface area contributed by atoms with Gasteiger partial charge in [-0.2, -0.15) is 0 Å². The van der Waals surface area contributed by atoms with Gasteiger partial charge in [0.2, 0.25) is 0 Å². The lowest BCUT2D eigenvalue weighted by Crippen LogP contribution is -2.23. The number of aromatic nitrogens is 1. The Labute approximate surface area is 99.8 Å². The summed E-state index contributed by atoms with van der Waals surface area (Å²) in [5.74, 6) is -0.706. The summed E-state index contributed by atoms with van der Waals surface area (Å²) < 4.78 is 5.24. The number of hydrogen-bond donors (Lipinski definition) is 3. The Morgan fingerprint density at radius 3 is 2.94 bits per heavy atom. The minimum atomic E-state index is -1.08. The lowest BCUT2D eigenvalue weighted by atomic mass is 10.3. The molecule has 1 aromatic heterocycles. The number of nitrogens with one attached hydrogen (secondary N) is 1. The van der Waals surface area contributed by atoms with E-state index in [2.05, 4.69) is 10.3 Å². The number of nitrogens with two attached hydrogens (primary N) is 1. The number of anilines is 2. The third kappa shape index (κ3) is 3.92. The first-order chi connectivity index (χ1) is 8.04. The van der Waals surface area contributed by atoms with Gasteiger partial charge in [0.15, 0.2) is 5.69 Å². The Balaban J connectivity index is 2.75. The molecule has 0 aliphatic rings. The zero-order valence-corrected chi connectivity index (χ0v) is 9.93. The van der Waals surface area contributed by atoms with Crippen molar-refractivity contribution in [3.8, 4) is 0 Å². The minimum Gasteiger partial charge on any atom is -0.477 e. The molecule has 4 N–H and O–H groups in total. The first-order valence-corrected chi connectivity index (χ1v) is 5.38. The van der Waals surface area contributed by atoms with Crippen molar-refractivity contribution < 1.29 is 14.6 Å². The average molecular weight is 239 g/mol. The molecule has 0 saturated carbocycles. The van der Waals surface area contributed by atoms with Crippen LogP contribution in [0.4, 0.5) is 11.5 Å². The van der Waals surface area contributed by atoms with E-state index in [0.717, 1.165) is 0 Å². The molecular formula is C11H17N3O3. The van der Waals surface area contributed by atoms with Crippen LogP contribution in [-0.4, -0.2) is 35.3 Å². The summed E-state index contributed by atoms with van der Waals surface area (Å²) in [5, 5.41) is 11.8. The van der Waals surface area contributed by atoms with E-state index in [9.17, 15) is 4.79 Å². The van der Waals surface area contributed by atoms with Gasteiger partial charge in [0.1, 0.15) is 5.82 Å². The second kappa shape index (κ2) is 6.05. The van der Waals surface area contributed by atoms with Crippen molar-refractivity contribution in [2.75, 3.05) is 24.3 Å². The van der Waals surface area contributed by atoms with E-state index in [4.69, 9.17) is 15.6 Å². The largest absolute Gasteiger partial charge is 0.477 e. The topological polar surface area (TPSA) is 97.5 Å². The van der Waals surface area contributed by atoms with Crippen LogP contribution >= 0.6 is 0 Å². The fourth-order valence-electron chi connectivity index (χ4n) is 1.27. The van der Waals surface area contributed by atoms with Crippen LogP contribution in [0.5, 0.6) is 0 Å². The number of pyridine rings is 1. The quantitative estimate of drug-likeness (QED) is 0.690. The van der Waals surface area contributed by atoms with Crippen LogP contribution in [0, 0.1) is 0 Å². The smallest absolute Gasteiger partial charge is 0.354 e. The molecule has 0 aromatic carbocycles. The maximum atomic E-state index is 10.8. The Hall–Kier alpha value is -1.82. The number of nitrogens with zero attached hydrogens (tertiary/aromatic N) is 1. The minimum absolute atomic E-state index is 0.00814.